The Kier molecular flexibility index (Phi) is 4.99. The number of ether oxygens (including phenoxy) is 2. The van der Waals surface area contributed by atoms with Gasteiger partial charge in [0.25, 0.3) is 0 Å². The van der Waals surface area contributed by atoms with Gasteiger partial charge in [0.15, 0.2) is 11.5 Å². The Balaban J connectivity index is 1.53. The summed E-state index contributed by atoms with van der Waals surface area (Å²) in [6.07, 6.45) is 0.194. The predicted octanol–water partition coefficient (Wildman–Crippen LogP) is 4.96. The van der Waals surface area contributed by atoms with Crippen molar-refractivity contribution in [3.8, 4) is 22.6 Å². The third kappa shape index (κ3) is 3.91. The SMILES string of the molecule is O=C(Cc1cc(Cl)c2c(c1)OCCO2)Nc1ccccc1-c1ccccc1. The van der Waals surface area contributed by atoms with E-state index in [1.807, 2.05) is 60.7 Å². The van der Waals surface area contributed by atoms with E-state index in [9.17, 15) is 4.79 Å². The van der Waals surface area contributed by atoms with Crippen molar-refractivity contribution in [3.63, 3.8) is 0 Å². The molecule has 0 aromatic heterocycles. The molecule has 4 rings (SSSR count). The molecule has 27 heavy (non-hydrogen) atoms. The summed E-state index contributed by atoms with van der Waals surface area (Å²) in [6, 6.07) is 21.3. The summed E-state index contributed by atoms with van der Waals surface area (Å²) in [5.41, 5.74) is 3.58. The predicted molar refractivity (Wildman–Crippen MR) is 107 cm³/mol. The summed E-state index contributed by atoms with van der Waals surface area (Å²) in [7, 11) is 0. The van der Waals surface area contributed by atoms with Gasteiger partial charge in [0.05, 0.1) is 11.4 Å². The molecule has 1 heterocycles. The maximum atomic E-state index is 12.6. The first-order chi connectivity index (χ1) is 13.2. The van der Waals surface area contributed by atoms with Gasteiger partial charge in [-0.3, -0.25) is 4.79 Å². The molecule has 1 N–H and O–H groups in total. The fourth-order valence-corrected chi connectivity index (χ4v) is 3.40. The Hall–Kier alpha value is -2.98. The van der Waals surface area contributed by atoms with E-state index < -0.39 is 0 Å². The highest BCUT2D eigenvalue weighted by Gasteiger charge is 2.18. The summed E-state index contributed by atoms with van der Waals surface area (Å²) in [6.45, 7) is 0.951. The molecule has 3 aromatic rings. The molecule has 0 unspecified atom stereocenters. The number of carbonyl (C=O) groups excluding carboxylic acids is 1. The average Bonchev–Trinajstić information content (AvgIpc) is 2.69. The molecule has 1 aliphatic rings. The molecule has 1 amide bonds. The summed E-state index contributed by atoms with van der Waals surface area (Å²) >= 11 is 6.26. The van der Waals surface area contributed by atoms with Gasteiger partial charge in [-0.25, -0.2) is 0 Å². The molecule has 0 radical (unpaired) electrons. The zero-order valence-electron chi connectivity index (χ0n) is 14.6. The molecular weight excluding hydrogens is 362 g/mol. The van der Waals surface area contributed by atoms with Gasteiger partial charge in [0, 0.05) is 11.3 Å². The van der Waals surface area contributed by atoms with Crippen LogP contribution in [0.15, 0.2) is 66.7 Å². The second kappa shape index (κ2) is 7.72. The van der Waals surface area contributed by atoms with Crippen LogP contribution in [-0.4, -0.2) is 19.1 Å². The molecule has 0 bridgehead atoms. The Morgan fingerprint density at radius 1 is 0.963 bits per heavy atom. The van der Waals surface area contributed by atoms with Gasteiger partial charge in [-0.1, -0.05) is 60.1 Å². The number of amides is 1. The minimum atomic E-state index is -0.119. The molecule has 4 nitrogen and oxygen atoms in total. The second-order valence-corrected chi connectivity index (χ2v) is 6.65. The summed E-state index contributed by atoms with van der Waals surface area (Å²) < 4.78 is 11.1. The van der Waals surface area contributed by atoms with E-state index in [1.54, 1.807) is 6.07 Å². The second-order valence-electron chi connectivity index (χ2n) is 6.24. The van der Waals surface area contributed by atoms with E-state index in [1.165, 1.54) is 0 Å². The fourth-order valence-electron chi connectivity index (χ4n) is 3.11. The van der Waals surface area contributed by atoms with Crippen molar-refractivity contribution in [1.29, 1.82) is 0 Å². The van der Waals surface area contributed by atoms with Crippen LogP contribution in [-0.2, 0) is 11.2 Å². The number of halogens is 1. The highest BCUT2D eigenvalue weighted by molar-refractivity contribution is 6.32. The zero-order valence-corrected chi connectivity index (χ0v) is 15.3. The van der Waals surface area contributed by atoms with Crippen LogP contribution in [0.1, 0.15) is 5.56 Å². The van der Waals surface area contributed by atoms with Gasteiger partial charge in [-0.15, -0.1) is 0 Å². The van der Waals surface area contributed by atoms with E-state index in [2.05, 4.69) is 5.32 Å². The fraction of sp³-hybridized carbons (Fsp3) is 0.136. The van der Waals surface area contributed by atoms with Crippen LogP contribution in [0.2, 0.25) is 5.02 Å². The first-order valence-electron chi connectivity index (χ1n) is 8.73. The van der Waals surface area contributed by atoms with E-state index in [4.69, 9.17) is 21.1 Å². The number of benzene rings is 3. The van der Waals surface area contributed by atoms with Gasteiger partial charge in [0.1, 0.15) is 13.2 Å². The van der Waals surface area contributed by atoms with Gasteiger partial charge in [0.2, 0.25) is 5.91 Å². The van der Waals surface area contributed by atoms with E-state index in [0.717, 1.165) is 22.4 Å². The minimum absolute atomic E-state index is 0.119. The Morgan fingerprint density at radius 3 is 2.56 bits per heavy atom. The smallest absolute Gasteiger partial charge is 0.228 e. The van der Waals surface area contributed by atoms with Gasteiger partial charge in [-0.2, -0.15) is 0 Å². The number of nitrogens with one attached hydrogen (secondary N) is 1. The van der Waals surface area contributed by atoms with E-state index in [-0.39, 0.29) is 12.3 Å². The number of hydrogen-bond donors (Lipinski definition) is 1. The van der Waals surface area contributed by atoms with Gasteiger partial charge < -0.3 is 14.8 Å². The Bertz CT molecular complexity index is 973. The van der Waals surface area contributed by atoms with Crippen LogP contribution in [0.5, 0.6) is 11.5 Å². The monoisotopic (exact) mass is 379 g/mol. The molecule has 5 heteroatoms. The molecule has 0 fully saturated rings. The molecule has 136 valence electrons. The molecule has 0 saturated heterocycles. The Morgan fingerprint density at radius 2 is 1.70 bits per heavy atom. The number of para-hydroxylation sites is 1. The first kappa shape index (κ1) is 17.4. The van der Waals surface area contributed by atoms with Crippen molar-refractivity contribution in [2.24, 2.45) is 0 Å². The summed E-state index contributed by atoms with van der Waals surface area (Å²) in [4.78, 5) is 12.6. The number of fused-ring (bicyclic) bond motifs is 1. The Labute approximate surface area is 162 Å². The molecule has 1 aliphatic heterocycles. The van der Waals surface area contributed by atoms with Crippen LogP contribution in [0.4, 0.5) is 5.69 Å². The highest BCUT2D eigenvalue weighted by atomic mass is 35.5. The summed E-state index contributed by atoms with van der Waals surface area (Å²) in [5, 5.41) is 3.46. The highest BCUT2D eigenvalue weighted by Crippen LogP contribution is 2.38. The lowest BCUT2D eigenvalue weighted by Crippen LogP contribution is -2.17. The van der Waals surface area contributed by atoms with E-state index >= 15 is 0 Å². The van der Waals surface area contributed by atoms with Crippen molar-refractivity contribution in [1.82, 2.24) is 0 Å². The van der Waals surface area contributed by atoms with Crippen molar-refractivity contribution in [2.45, 2.75) is 6.42 Å². The minimum Gasteiger partial charge on any atom is -0.486 e. The standard InChI is InChI=1S/C22H18ClNO3/c23-18-12-15(13-20-22(18)27-11-10-26-20)14-21(25)24-19-9-5-4-8-17(19)16-6-2-1-3-7-16/h1-9,12-13H,10-11,14H2,(H,24,25). The normalized spacial score (nSPS) is 12.5. The van der Waals surface area contributed by atoms with Crippen molar-refractivity contribution in [3.05, 3.63) is 77.3 Å². The maximum absolute atomic E-state index is 12.6. The van der Waals surface area contributed by atoms with Crippen molar-refractivity contribution >= 4 is 23.2 Å². The van der Waals surface area contributed by atoms with Crippen LogP contribution in [0, 0.1) is 0 Å². The number of hydrogen-bond acceptors (Lipinski definition) is 3. The average molecular weight is 380 g/mol. The summed E-state index contributed by atoms with van der Waals surface area (Å²) in [5.74, 6) is 1.01. The first-order valence-corrected chi connectivity index (χ1v) is 9.11. The number of carbonyl (C=O) groups is 1. The van der Waals surface area contributed by atoms with Crippen LogP contribution in [0.3, 0.4) is 0 Å². The van der Waals surface area contributed by atoms with Crippen LogP contribution in [0.25, 0.3) is 11.1 Å². The molecule has 3 aromatic carbocycles. The lowest BCUT2D eigenvalue weighted by atomic mass is 10.0. The lowest BCUT2D eigenvalue weighted by molar-refractivity contribution is -0.115. The van der Waals surface area contributed by atoms with Crippen LogP contribution >= 0.6 is 11.6 Å². The van der Waals surface area contributed by atoms with Crippen molar-refractivity contribution in [2.75, 3.05) is 18.5 Å². The number of rotatable bonds is 4. The molecule has 0 atom stereocenters. The topological polar surface area (TPSA) is 47.6 Å². The number of anilines is 1. The quantitative estimate of drug-likeness (QED) is 0.697. The third-order valence-electron chi connectivity index (χ3n) is 4.31. The van der Waals surface area contributed by atoms with Crippen molar-refractivity contribution < 1.29 is 14.3 Å². The molecule has 0 spiro atoms. The third-order valence-corrected chi connectivity index (χ3v) is 4.59. The van der Waals surface area contributed by atoms with E-state index in [0.29, 0.717) is 29.7 Å². The lowest BCUT2D eigenvalue weighted by Gasteiger charge is -2.20. The van der Waals surface area contributed by atoms with Gasteiger partial charge in [-0.05, 0) is 29.3 Å². The van der Waals surface area contributed by atoms with Crippen LogP contribution < -0.4 is 14.8 Å². The van der Waals surface area contributed by atoms with Gasteiger partial charge >= 0.3 is 0 Å². The zero-order chi connectivity index (χ0) is 18.6. The molecule has 0 saturated carbocycles. The molecule has 0 aliphatic carbocycles. The largest absolute Gasteiger partial charge is 0.486 e. The maximum Gasteiger partial charge on any atom is 0.228 e. The molecular formula is C22H18ClNO3.